The van der Waals surface area contributed by atoms with Crippen molar-refractivity contribution in [1.29, 1.82) is 0 Å². The highest BCUT2D eigenvalue weighted by Gasteiger charge is 2.21. The second-order valence-electron chi connectivity index (χ2n) is 5.02. The minimum atomic E-state index is -3.13. The third-order valence-electron chi connectivity index (χ3n) is 3.31. The van der Waals surface area contributed by atoms with E-state index in [0.717, 1.165) is 25.7 Å². The lowest BCUT2D eigenvalue weighted by Gasteiger charge is -2.21. The van der Waals surface area contributed by atoms with E-state index >= 15 is 0 Å². The first-order chi connectivity index (χ1) is 8.03. The average Bonchev–Trinajstić information content (AvgIpc) is 2.28. The van der Waals surface area contributed by atoms with Crippen LogP contribution in [-0.4, -0.2) is 26.1 Å². The van der Waals surface area contributed by atoms with Crippen molar-refractivity contribution in [2.24, 2.45) is 5.92 Å². The fourth-order valence-electron chi connectivity index (χ4n) is 2.36. The third kappa shape index (κ3) is 6.63. The summed E-state index contributed by atoms with van der Waals surface area (Å²) in [5, 5.41) is -0.0823. The van der Waals surface area contributed by atoms with Crippen molar-refractivity contribution in [1.82, 2.24) is 4.72 Å². The molecule has 1 aliphatic carbocycles. The maximum Gasteiger partial charge on any atom is 0.211 e. The maximum absolute atomic E-state index is 11.8. The smallest absolute Gasteiger partial charge is 0.211 e. The number of nitrogens with one attached hydrogen (secondary N) is 1. The van der Waals surface area contributed by atoms with Gasteiger partial charge in [-0.2, -0.15) is 0 Å². The molecule has 0 bridgehead atoms. The van der Waals surface area contributed by atoms with Gasteiger partial charge in [0.05, 0.1) is 5.75 Å². The zero-order valence-corrected chi connectivity index (χ0v) is 12.2. The SMILES string of the molecule is CCCC(Cl)CNS(=O)(=O)CC1CCCCC1. The first-order valence-corrected chi connectivity index (χ1v) is 8.73. The highest BCUT2D eigenvalue weighted by molar-refractivity contribution is 7.89. The molecular weight excluding hydrogens is 258 g/mol. The van der Waals surface area contributed by atoms with E-state index in [2.05, 4.69) is 4.72 Å². The summed E-state index contributed by atoms with van der Waals surface area (Å²) in [6, 6.07) is 0. The van der Waals surface area contributed by atoms with Crippen LogP contribution in [0.25, 0.3) is 0 Å². The Morgan fingerprint density at radius 3 is 2.53 bits per heavy atom. The normalized spacial score (nSPS) is 20.4. The van der Waals surface area contributed by atoms with Crippen LogP contribution < -0.4 is 4.72 Å². The van der Waals surface area contributed by atoms with E-state index in [1.165, 1.54) is 19.3 Å². The number of rotatable bonds is 7. The Hall–Kier alpha value is 0.200. The molecule has 0 radical (unpaired) electrons. The van der Waals surface area contributed by atoms with Crippen LogP contribution in [0.5, 0.6) is 0 Å². The van der Waals surface area contributed by atoms with Crippen LogP contribution in [0.1, 0.15) is 51.9 Å². The van der Waals surface area contributed by atoms with Crippen LogP contribution in [0.4, 0.5) is 0 Å². The number of halogens is 1. The summed E-state index contributed by atoms with van der Waals surface area (Å²) < 4.78 is 26.3. The molecule has 0 heterocycles. The van der Waals surface area contributed by atoms with Gasteiger partial charge in [-0.15, -0.1) is 11.6 Å². The summed E-state index contributed by atoms with van der Waals surface area (Å²) in [6.07, 6.45) is 7.55. The average molecular weight is 282 g/mol. The molecule has 0 amide bonds. The summed E-state index contributed by atoms with van der Waals surface area (Å²) in [4.78, 5) is 0. The third-order valence-corrected chi connectivity index (χ3v) is 5.20. The molecule has 0 aromatic carbocycles. The Labute approximate surface area is 110 Å². The minimum absolute atomic E-state index is 0.0823. The molecule has 17 heavy (non-hydrogen) atoms. The molecule has 1 saturated carbocycles. The predicted molar refractivity (Wildman–Crippen MR) is 72.9 cm³/mol. The van der Waals surface area contributed by atoms with Crippen molar-refractivity contribution >= 4 is 21.6 Å². The molecule has 0 aromatic heterocycles. The van der Waals surface area contributed by atoms with Crippen molar-refractivity contribution in [3.8, 4) is 0 Å². The number of sulfonamides is 1. The molecule has 1 unspecified atom stereocenters. The van der Waals surface area contributed by atoms with Gasteiger partial charge < -0.3 is 0 Å². The first kappa shape index (κ1) is 15.3. The zero-order chi connectivity index (χ0) is 12.7. The highest BCUT2D eigenvalue weighted by atomic mass is 35.5. The van der Waals surface area contributed by atoms with E-state index in [-0.39, 0.29) is 11.1 Å². The van der Waals surface area contributed by atoms with E-state index in [0.29, 0.717) is 12.5 Å². The minimum Gasteiger partial charge on any atom is -0.214 e. The molecule has 5 heteroatoms. The van der Waals surface area contributed by atoms with E-state index in [4.69, 9.17) is 11.6 Å². The Bertz CT molecular complexity index is 300. The maximum atomic E-state index is 11.8. The van der Waals surface area contributed by atoms with Crippen LogP contribution in [-0.2, 0) is 10.0 Å². The quantitative estimate of drug-likeness (QED) is 0.730. The van der Waals surface area contributed by atoms with Gasteiger partial charge in [-0.3, -0.25) is 0 Å². The highest BCUT2D eigenvalue weighted by Crippen LogP contribution is 2.24. The van der Waals surface area contributed by atoms with Gasteiger partial charge >= 0.3 is 0 Å². The summed E-state index contributed by atoms with van der Waals surface area (Å²) in [5.41, 5.74) is 0. The molecule has 102 valence electrons. The van der Waals surface area contributed by atoms with Crippen molar-refractivity contribution in [2.45, 2.75) is 57.2 Å². The Balaban J connectivity index is 2.29. The van der Waals surface area contributed by atoms with Gasteiger partial charge in [0.25, 0.3) is 0 Å². The van der Waals surface area contributed by atoms with Gasteiger partial charge in [0.2, 0.25) is 10.0 Å². The summed E-state index contributed by atoms with van der Waals surface area (Å²) in [6.45, 7) is 2.41. The van der Waals surface area contributed by atoms with Crippen LogP contribution >= 0.6 is 11.6 Å². The van der Waals surface area contributed by atoms with Crippen LogP contribution in [0.15, 0.2) is 0 Å². The molecule has 0 aromatic rings. The first-order valence-electron chi connectivity index (χ1n) is 6.65. The van der Waals surface area contributed by atoms with Crippen molar-refractivity contribution in [3.63, 3.8) is 0 Å². The second kappa shape index (κ2) is 7.59. The van der Waals surface area contributed by atoms with Crippen molar-refractivity contribution < 1.29 is 8.42 Å². The Kier molecular flexibility index (Phi) is 6.82. The standard InChI is InChI=1S/C12H24ClNO2S/c1-2-6-12(13)9-14-17(15,16)10-11-7-4-3-5-8-11/h11-12,14H,2-10H2,1H3. The summed E-state index contributed by atoms with van der Waals surface area (Å²) in [5.74, 6) is 0.629. The molecule has 1 atom stereocenters. The molecule has 1 fully saturated rings. The van der Waals surface area contributed by atoms with Crippen LogP contribution in [0.3, 0.4) is 0 Å². The van der Waals surface area contributed by atoms with E-state index in [9.17, 15) is 8.42 Å². The lowest BCUT2D eigenvalue weighted by atomic mass is 9.91. The topological polar surface area (TPSA) is 46.2 Å². The predicted octanol–water partition coefficient (Wildman–Crippen LogP) is 2.89. The molecule has 1 rings (SSSR count). The summed E-state index contributed by atoms with van der Waals surface area (Å²) >= 11 is 6.00. The molecule has 3 nitrogen and oxygen atoms in total. The molecule has 0 aliphatic heterocycles. The van der Waals surface area contributed by atoms with Gasteiger partial charge in [-0.1, -0.05) is 32.6 Å². The van der Waals surface area contributed by atoms with Gasteiger partial charge in [-0.05, 0) is 25.2 Å². The van der Waals surface area contributed by atoms with E-state index < -0.39 is 10.0 Å². The Morgan fingerprint density at radius 1 is 1.29 bits per heavy atom. The van der Waals surface area contributed by atoms with E-state index in [1.807, 2.05) is 6.92 Å². The van der Waals surface area contributed by atoms with Crippen LogP contribution in [0.2, 0.25) is 0 Å². The van der Waals surface area contributed by atoms with Gasteiger partial charge in [0, 0.05) is 11.9 Å². The second-order valence-corrected chi connectivity index (χ2v) is 7.49. The van der Waals surface area contributed by atoms with E-state index in [1.54, 1.807) is 0 Å². The molecule has 0 saturated heterocycles. The molecule has 0 spiro atoms. The lowest BCUT2D eigenvalue weighted by molar-refractivity contribution is 0.384. The zero-order valence-electron chi connectivity index (χ0n) is 10.6. The lowest BCUT2D eigenvalue weighted by Crippen LogP contribution is -2.34. The number of hydrogen-bond acceptors (Lipinski definition) is 2. The fraction of sp³-hybridized carbons (Fsp3) is 1.00. The fourth-order valence-corrected chi connectivity index (χ4v) is 4.27. The van der Waals surface area contributed by atoms with Crippen molar-refractivity contribution in [3.05, 3.63) is 0 Å². The monoisotopic (exact) mass is 281 g/mol. The van der Waals surface area contributed by atoms with Gasteiger partial charge in [-0.25, -0.2) is 13.1 Å². The number of hydrogen-bond donors (Lipinski definition) is 1. The molecule has 1 N–H and O–H groups in total. The van der Waals surface area contributed by atoms with Crippen LogP contribution in [0, 0.1) is 5.92 Å². The molecule has 1 aliphatic rings. The number of alkyl halides is 1. The van der Waals surface area contributed by atoms with Gasteiger partial charge in [0.1, 0.15) is 0 Å². The van der Waals surface area contributed by atoms with Crippen molar-refractivity contribution in [2.75, 3.05) is 12.3 Å². The largest absolute Gasteiger partial charge is 0.214 e. The Morgan fingerprint density at radius 2 is 1.94 bits per heavy atom. The molecular formula is C12H24ClNO2S. The van der Waals surface area contributed by atoms with Gasteiger partial charge in [0.15, 0.2) is 0 Å². The summed E-state index contributed by atoms with van der Waals surface area (Å²) in [7, 11) is -3.13.